The third kappa shape index (κ3) is 31.3. The van der Waals surface area contributed by atoms with Crippen molar-refractivity contribution in [3.63, 3.8) is 0 Å². The van der Waals surface area contributed by atoms with Crippen LogP contribution in [0.5, 0.6) is 0 Å². The molecule has 0 rings (SSSR count). The van der Waals surface area contributed by atoms with Crippen molar-refractivity contribution in [2.24, 2.45) is 0 Å². The van der Waals surface area contributed by atoms with Crippen LogP contribution >= 0.6 is 24.4 Å². The maximum Gasteiger partial charge on any atom is 2.00 e. The van der Waals surface area contributed by atoms with Crippen molar-refractivity contribution in [1.29, 1.82) is 0 Å². The Bertz CT molecular complexity index is 142. The van der Waals surface area contributed by atoms with Crippen LogP contribution in [0.2, 0.25) is 0 Å². The molecule has 0 aromatic heterocycles. The van der Waals surface area contributed by atoms with E-state index in [1.165, 1.54) is 12.8 Å². The molecule has 0 aliphatic carbocycles. The molecule has 0 aliphatic rings. The van der Waals surface area contributed by atoms with E-state index in [2.05, 4.69) is 63.5 Å². The molecule has 0 saturated carbocycles. The van der Waals surface area contributed by atoms with E-state index in [0.29, 0.717) is 0 Å². The third-order valence-electron chi connectivity index (χ3n) is 1.47. The summed E-state index contributed by atoms with van der Waals surface area (Å²) in [4.78, 5) is 0. The average Bonchev–Trinajstić information content (AvgIpc) is 2.12. The van der Waals surface area contributed by atoms with Gasteiger partial charge in [0.25, 0.3) is 0 Å². The van der Waals surface area contributed by atoms with Crippen molar-refractivity contribution in [3.8, 4) is 0 Å². The zero-order valence-electron chi connectivity index (χ0n) is 9.58. The van der Waals surface area contributed by atoms with Crippen molar-refractivity contribution in [1.82, 2.24) is 0 Å². The molecule has 5 heteroatoms. The molecule has 0 aliphatic heterocycles. The molecule has 0 saturated heterocycles. The van der Waals surface area contributed by atoms with E-state index in [4.69, 9.17) is 0 Å². The van der Waals surface area contributed by atoms with Gasteiger partial charge in [0.15, 0.2) is 0 Å². The van der Waals surface area contributed by atoms with Gasteiger partial charge in [-0.15, -0.1) is 0 Å². The molecule has 0 nitrogen and oxygen atoms in total. The molecule has 0 aromatic rings. The van der Waals surface area contributed by atoms with Crippen LogP contribution in [0.4, 0.5) is 0 Å². The van der Waals surface area contributed by atoms with Crippen molar-refractivity contribution < 1.29 is 0 Å². The van der Waals surface area contributed by atoms with Gasteiger partial charge in [-0.05, 0) is 12.8 Å². The zero-order chi connectivity index (χ0) is 11.4. The first kappa shape index (κ1) is 21.6. The van der Waals surface area contributed by atoms with Gasteiger partial charge < -0.3 is 49.7 Å². The molecule has 0 radical (unpaired) electrons. The smallest absolute Gasteiger partial charge is 0.433 e. The fourth-order valence-electron chi connectivity index (χ4n) is 0.642. The minimum Gasteiger partial charge on any atom is -0.433 e. The second kappa shape index (κ2) is 17.8. The van der Waals surface area contributed by atoms with E-state index in [-0.39, 0.29) is 23.1 Å². The molecule has 0 spiro atoms. The minimum atomic E-state index is 0. The van der Waals surface area contributed by atoms with Crippen molar-refractivity contribution in [2.45, 2.75) is 52.4 Å². The summed E-state index contributed by atoms with van der Waals surface area (Å²) in [5, 5.41) is 0. The monoisotopic (exact) mass is 290 g/mol. The van der Waals surface area contributed by atoms with Gasteiger partial charge in [-0.3, -0.25) is 0 Å². The number of unbranched alkanes of at least 4 members (excludes halogenated alkanes) is 2. The topological polar surface area (TPSA) is 0 Å². The van der Waals surface area contributed by atoms with Crippen molar-refractivity contribution >= 4 is 81.1 Å². The van der Waals surface area contributed by atoms with Gasteiger partial charge in [0.2, 0.25) is 0 Å². The van der Waals surface area contributed by atoms with Crippen LogP contribution in [0.1, 0.15) is 52.4 Å². The predicted octanol–water partition coefficient (Wildman–Crippen LogP) is 3.72. The summed E-state index contributed by atoms with van der Waals surface area (Å²) >= 11 is 18.7. The zero-order valence-corrected chi connectivity index (χ0v) is 14.3. The molecule has 0 aromatic carbocycles. The fraction of sp³-hybridized carbons (Fsp3) is 0.800. The van der Waals surface area contributed by atoms with Gasteiger partial charge in [-0.25, -0.2) is 0 Å². The third-order valence-corrected chi connectivity index (χ3v) is 2.29. The van der Waals surface area contributed by atoms with Crippen LogP contribution in [0.25, 0.3) is 0 Å². The van der Waals surface area contributed by atoms with E-state index in [0.717, 1.165) is 34.1 Å². The summed E-state index contributed by atoms with van der Waals surface area (Å²) in [5.41, 5.74) is 0. The summed E-state index contributed by atoms with van der Waals surface area (Å²) in [6, 6.07) is 0. The maximum atomic E-state index is 4.68. The van der Waals surface area contributed by atoms with Crippen LogP contribution in [0.3, 0.4) is 0 Å². The van der Waals surface area contributed by atoms with Gasteiger partial charge >= 0.3 is 23.1 Å². The molecule has 0 N–H and O–H groups in total. The van der Waals surface area contributed by atoms with Crippen LogP contribution in [-0.2, 0) is 25.3 Å². The van der Waals surface area contributed by atoms with Crippen LogP contribution in [-0.4, -0.2) is 31.4 Å². The Morgan fingerprint density at radius 1 is 0.867 bits per heavy atom. The van der Waals surface area contributed by atoms with E-state index in [1.54, 1.807) is 0 Å². The Labute approximate surface area is 132 Å². The summed E-state index contributed by atoms with van der Waals surface area (Å²) in [6.45, 7) is 4.27. The summed E-state index contributed by atoms with van der Waals surface area (Å²) < 4.78 is 1.45. The number of hydrogen-bond donors (Lipinski definition) is 0. The van der Waals surface area contributed by atoms with Crippen molar-refractivity contribution in [3.05, 3.63) is 0 Å². The van der Waals surface area contributed by atoms with E-state index in [9.17, 15) is 0 Å². The van der Waals surface area contributed by atoms with Gasteiger partial charge in [0.1, 0.15) is 0 Å². The quantitative estimate of drug-likeness (QED) is 0.415. The van der Waals surface area contributed by atoms with Crippen LogP contribution in [0, 0.1) is 0 Å². The molecular formula is C10H18MgS4. The molecule has 0 bridgehead atoms. The summed E-state index contributed by atoms with van der Waals surface area (Å²) in [6.07, 6.45) is 6.58. The molecule has 0 amide bonds. The van der Waals surface area contributed by atoms with E-state index < -0.39 is 0 Å². The van der Waals surface area contributed by atoms with Crippen molar-refractivity contribution in [2.75, 3.05) is 0 Å². The maximum absolute atomic E-state index is 4.68. The van der Waals surface area contributed by atoms with Crippen LogP contribution in [0.15, 0.2) is 0 Å². The Morgan fingerprint density at radius 3 is 1.20 bits per heavy atom. The first-order chi connectivity index (χ1) is 6.54. The Balaban J connectivity index is -0.000000180. The Morgan fingerprint density at radius 2 is 1.13 bits per heavy atom. The van der Waals surface area contributed by atoms with Gasteiger partial charge in [0, 0.05) is 0 Å². The number of thiocarbonyl (C=S) groups is 2. The minimum absolute atomic E-state index is 0. The SMILES string of the molecule is CCCCC(=S)[S-].CCCCC(=S)[S-].[Mg+2]. The van der Waals surface area contributed by atoms with E-state index in [1.807, 2.05) is 0 Å². The standard InChI is InChI=1S/2C5H10S2.Mg/c2*1-2-3-4-5(6)7;/h2*2-4H2,1H3,(H,6,7);/q;;+2/p-2. The molecule has 15 heavy (non-hydrogen) atoms. The number of hydrogen-bond acceptors (Lipinski definition) is 4. The molecule has 84 valence electrons. The predicted molar refractivity (Wildman–Crippen MR) is 84.7 cm³/mol. The fourth-order valence-corrected chi connectivity index (χ4v) is 1.22. The first-order valence-corrected chi connectivity index (χ1v) is 6.57. The second-order valence-corrected chi connectivity index (χ2v) is 5.44. The normalized spacial score (nSPS) is 8.13. The summed E-state index contributed by atoms with van der Waals surface area (Å²) in [5.74, 6) is 0. The molecular weight excluding hydrogens is 273 g/mol. The first-order valence-electron chi connectivity index (χ1n) is 4.94. The Kier molecular flexibility index (Phi) is 25.6. The second-order valence-electron chi connectivity index (χ2n) is 2.95. The van der Waals surface area contributed by atoms with E-state index >= 15 is 0 Å². The molecule has 0 atom stereocenters. The van der Waals surface area contributed by atoms with Gasteiger partial charge in [-0.2, -0.15) is 8.39 Å². The average molecular weight is 291 g/mol. The number of rotatable bonds is 6. The van der Waals surface area contributed by atoms with Gasteiger partial charge in [0.05, 0.1) is 0 Å². The molecule has 0 heterocycles. The van der Waals surface area contributed by atoms with Crippen LogP contribution < -0.4 is 0 Å². The largest absolute Gasteiger partial charge is 2.00 e. The molecule has 0 fully saturated rings. The Hall–Kier alpha value is 1.39. The summed E-state index contributed by atoms with van der Waals surface area (Å²) in [7, 11) is 0. The van der Waals surface area contributed by atoms with Gasteiger partial charge in [-0.1, -0.05) is 39.5 Å². The molecule has 0 unspecified atom stereocenters.